The van der Waals surface area contributed by atoms with Crippen LogP contribution in [0.2, 0.25) is 0 Å². The normalized spacial score (nSPS) is 20.0. The second kappa shape index (κ2) is 8.58. The molecule has 2 aromatic carbocycles. The first-order valence-corrected chi connectivity index (χ1v) is 11.0. The van der Waals surface area contributed by atoms with Gasteiger partial charge in [0.15, 0.2) is 0 Å². The molecule has 2 aliphatic rings. The van der Waals surface area contributed by atoms with Crippen molar-refractivity contribution in [2.24, 2.45) is 0 Å². The Hall–Kier alpha value is -2.33. The Bertz CT molecular complexity index is 836. The number of piperidine rings is 1. The van der Waals surface area contributed by atoms with Crippen LogP contribution in [0.5, 0.6) is 5.75 Å². The Balaban J connectivity index is 1.54. The number of rotatable bonds is 5. The third-order valence-corrected chi connectivity index (χ3v) is 6.55. The minimum atomic E-state index is -0.0388. The van der Waals surface area contributed by atoms with E-state index in [1.807, 2.05) is 30.9 Å². The Morgan fingerprint density at radius 3 is 2.45 bits per heavy atom. The molecule has 4 heteroatoms. The van der Waals surface area contributed by atoms with E-state index < -0.39 is 0 Å². The molecule has 1 amide bonds. The molecule has 1 atom stereocenters. The lowest BCUT2D eigenvalue weighted by Crippen LogP contribution is -2.49. The largest absolute Gasteiger partial charge is 0.487 e. The van der Waals surface area contributed by atoms with Crippen LogP contribution in [0.1, 0.15) is 60.5 Å². The Kier molecular flexibility index (Phi) is 5.91. The monoisotopic (exact) mass is 392 g/mol. The lowest BCUT2D eigenvalue weighted by atomic mass is 9.75. The summed E-state index contributed by atoms with van der Waals surface area (Å²) in [5.74, 6) is 1.62. The maximum atomic E-state index is 12.6. The molecule has 0 radical (unpaired) electrons. The van der Waals surface area contributed by atoms with E-state index in [1.54, 1.807) is 0 Å². The minimum absolute atomic E-state index is 0.0388. The van der Waals surface area contributed by atoms with Crippen LogP contribution >= 0.6 is 0 Å². The van der Waals surface area contributed by atoms with Crippen molar-refractivity contribution in [3.63, 3.8) is 0 Å². The number of nitrogens with one attached hydrogen (secondary N) is 1. The van der Waals surface area contributed by atoms with E-state index in [2.05, 4.69) is 41.7 Å². The van der Waals surface area contributed by atoms with Crippen molar-refractivity contribution in [3.05, 3.63) is 65.2 Å². The highest BCUT2D eigenvalue weighted by Crippen LogP contribution is 2.45. The van der Waals surface area contributed by atoms with Gasteiger partial charge < -0.3 is 15.0 Å². The van der Waals surface area contributed by atoms with Crippen LogP contribution in [0.4, 0.5) is 0 Å². The van der Waals surface area contributed by atoms with E-state index in [9.17, 15) is 4.79 Å². The lowest BCUT2D eigenvalue weighted by Gasteiger charge is -2.45. The van der Waals surface area contributed by atoms with Crippen molar-refractivity contribution in [1.82, 2.24) is 10.2 Å². The van der Waals surface area contributed by atoms with Gasteiger partial charge in [-0.1, -0.05) is 30.3 Å². The first-order chi connectivity index (χ1) is 14.1. The zero-order valence-corrected chi connectivity index (χ0v) is 17.6. The maximum absolute atomic E-state index is 12.6. The molecular formula is C25H32N2O2. The average Bonchev–Trinajstić information content (AvgIpc) is 2.75. The van der Waals surface area contributed by atoms with Crippen LogP contribution in [0, 0.1) is 0 Å². The molecule has 0 saturated carbocycles. The van der Waals surface area contributed by atoms with E-state index in [0.717, 1.165) is 63.2 Å². The van der Waals surface area contributed by atoms with Gasteiger partial charge in [-0.15, -0.1) is 0 Å². The molecule has 2 aliphatic heterocycles. The molecule has 4 nitrogen and oxygen atoms in total. The number of fused-ring (bicyclic) bond motifs is 1. The van der Waals surface area contributed by atoms with Crippen LogP contribution in [0.3, 0.4) is 0 Å². The summed E-state index contributed by atoms with van der Waals surface area (Å²) in [4.78, 5) is 14.4. The zero-order valence-electron chi connectivity index (χ0n) is 17.6. The highest BCUT2D eigenvalue weighted by Gasteiger charge is 2.41. The molecule has 1 saturated heterocycles. The number of hydrogen-bond donors (Lipinski definition) is 1. The quantitative estimate of drug-likeness (QED) is 0.820. The fourth-order valence-corrected chi connectivity index (χ4v) is 4.88. The van der Waals surface area contributed by atoms with Gasteiger partial charge in [-0.05, 0) is 87.9 Å². The molecule has 0 bridgehead atoms. The highest BCUT2D eigenvalue weighted by atomic mass is 16.5. The molecule has 0 aromatic heterocycles. The standard InChI is InChI=1S/C25H32N2O2/c1-3-27(4-2)24(28)20-11-9-19(10-12-20)17-21-18-25(13-15-26-16-14-25)29-23-8-6-5-7-22(21)23/h5-12,21,26H,3-4,13-18H2,1-2H3. The number of carbonyl (C=O) groups excluding carboxylic acids is 1. The molecule has 2 aromatic rings. The molecule has 1 N–H and O–H groups in total. The predicted octanol–water partition coefficient (Wildman–Crippen LogP) is 4.40. The molecule has 1 spiro atoms. The molecule has 0 aliphatic carbocycles. The second-order valence-electron chi connectivity index (χ2n) is 8.35. The number of para-hydroxylation sites is 1. The Labute approximate surface area is 174 Å². The van der Waals surface area contributed by atoms with Crippen molar-refractivity contribution < 1.29 is 9.53 Å². The van der Waals surface area contributed by atoms with Gasteiger partial charge in [-0.3, -0.25) is 4.79 Å². The summed E-state index contributed by atoms with van der Waals surface area (Å²) >= 11 is 0. The van der Waals surface area contributed by atoms with Gasteiger partial charge >= 0.3 is 0 Å². The van der Waals surface area contributed by atoms with Crippen molar-refractivity contribution >= 4 is 5.91 Å². The predicted molar refractivity (Wildman–Crippen MR) is 117 cm³/mol. The average molecular weight is 393 g/mol. The maximum Gasteiger partial charge on any atom is 0.253 e. The summed E-state index contributed by atoms with van der Waals surface area (Å²) in [5, 5.41) is 3.46. The SMILES string of the molecule is CCN(CC)C(=O)c1ccc(CC2CC3(CCNCC3)Oc3ccccc32)cc1. The second-order valence-corrected chi connectivity index (χ2v) is 8.35. The number of ether oxygens (including phenoxy) is 1. The summed E-state index contributed by atoms with van der Waals surface area (Å²) < 4.78 is 6.54. The fourth-order valence-electron chi connectivity index (χ4n) is 4.88. The van der Waals surface area contributed by atoms with E-state index in [0.29, 0.717) is 5.92 Å². The summed E-state index contributed by atoms with van der Waals surface area (Å²) in [6.45, 7) is 7.58. The fraction of sp³-hybridized carbons (Fsp3) is 0.480. The summed E-state index contributed by atoms with van der Waals surface area (Å²) in [7, 11) is 0. The smallest absolute Gasteiger partial charge is 0.253 e. The molecular weight excluding hydrogens is 360 g/mol. The molecule has 29 heavy (non-hydrogen) atoms. The van der Waals surface area contributed by atoms with Crippen LogP contribution in [-0.2, 0) is 6.42 Å². The lowest BCUT2D eigenvalue weighted by molar-refractivity contribution is 0.00726. The highest BCUT2D eigenvalue weighted by molar-refractivity contribution is 5.94. The van der Waals surface area contributed by atoms with Crippen molar-refractivity contribution in [3.8, 4) is 5.75 Å². The van der Waals surface area contributed by atoms with Crippen molar-refractivity contribution in [2.45, 2.75) is 51.0 Å². The number of amides is 1. The Morgan fingerprint density at radius 2 is 1.76 bits per heavy atom. The molecule has 4 rings (SSSR count). The van der Waals surface area contributed by atoms with Gasteiger partial charge in [0.2, 0.25) is 0 Å². The van der Waals surface area contributed by atoms with Gasteiger partial charge in [0.05, 0.1) is 0 Å². The first-order valence-electron chi connectivity index (χ1n) is 11.0. The van der Waals surface area contributed by atoms with Crippen LogP contribution < -0.4 is 10.1 Å². The molecule has 1 unspecified atom stereocenters. The third-order valence-electron chi connectivity index (χ3n) is 6.55. The van der Waals surface area contributed by atoms with Crippen molar-refractivity contribution in [2.75, 3.05) is 26.2 Å². The topological polar surface area (TPSA) is 41.6 Å². The van der Waals surface area contributed by atoms with Crippen molar-refractivity contribution in [1.29, 1.82) is 0 Å². The van der Waals surface area contributed by atoms with Gasteiger partial charge in [0, 0.05) is 18.7 Å². The summed E-state index contributed by atoms with van der Waals surface area (Å²) in [6, 6.07) is 16.8. The first kappa shape index (κ1) is 20.0. The summed E-state index contributed by atoms with van der Waals surface area (Å²) in [5.41, 5.74) is 3.34. The zero-order chi connectivity index (χ0) is 20.3. The van der Waals surface area contributed by atoms with Gasteiger partial charge in [-0.2, -0.15) is 0 Å². The number of nitrogens with zero attached hydrogens (tertiary/aromatic N) is 1. The number of hydrogen-bond acceptors (Lipinski definition) is 3. The van der Waals surface area contributed by atoms with E-state index in [1.165, 1.54) is 11.1 Å². The minimum Gasteiger partial charge on any atom is -0.487 e. The van der Waals surface area contributed by atoms with Gasteiger partial charge in [-0.25, -0.2) is 0 Å². The molecule has 2 heterocycles. The van der Waals surface area contributed by atoms with E-state index in [4.69, 9.17) is 4.74 Å². The third kappa shape index (κ3) is 4.18. The molecule has 1 fully saturated rings. The van der Waals surface area contributed by atoms with Gasteiger partial charge in [0.1, 0.15) is 11.4 Å². The van der Waals surface area contributed by atoms with Gasteiger partial charge in [0.25, 0.3) is 5.91 Å². The summed E-state index contributed by atoms with van der Waals surface area (Å²) in [6.07, 6.45) is 4.17. The Morgan fingerprint density at radius 1 is 1.07 bits per heavy atom. The molecule has 154 valence electrons. The van der Waals surface area contributed by atoms with Crippen LogP contribution in [-0.4, -0.2) is 42.6 Å². The van der Waals surface area contributed by atoms with Crippen LogP contribution in [0.25, 0.3) is 0 Å². The van der Waals surface area contributed by atoms with E-state index >= 15 is 0 Å². The number of carbonyl (C=O) groups is 1. The van der Waals surface area contributed by atoms with E-state index in [-0.39, 0.29) is 11.5 Å². The van der Waals surface area contributed by atoms with Crippen LogP contribution in [0.15, 0.2) is 48.5 Å². The number of benzene rings is 2.